The lowest BCUT2D eigenvalue weighted by atomic mass is 9.68. The van der Waals surface area contributed by atoms with Crippen LogP contribution in [0, 0.1) is 0 Å². The van der Waals surface area contributed by atoms with Crippen molar-refractivity contribution in [3.63, 3.8) is 0 Å². The molecule has 1 amide bonds. The Bertz CT molecular complexity index is 615. The van der Waals surface area contributed by atoms with Gasteiger partial charge in [0.05, 0.1) is 11.0 Å². The van der Waals surface area contributed by atoms with Crippen molar-refractivity contribution in [1.29, 1.82) is 0 Å². The SMILES string of the molecule is NC1CCN(C(=O)C2(c3cccc(C(F)(F)F)c3)CCCCC2)CC1. The first-order chi connectivity index (χ1) is 11.8. The van der Waals surface area contributed by atoms with Gasteiger partial charge in [0.1, 0.15) is 0 Å². The minimum Gasteiger partial charge on any atom is -0.342 e. The van der Waals surface area contributed by atoms with E-state index in [1.165, 1.54) is 12.1 Å². The molecule has 0 atom stereocenters. The molecule has 2 fully saturated rings. The third kappa shape index (κ3) is 3.68. The molecule has 2 N–H and O–H groups in total. The molecule has 138 valence electrons. The number of nitrogens with two attached hydrogens (primary N) is 1. The fourth-order valence-electron chi connectivity index (χ4n) is 4.18. The molecule has 1 heterocycles. The molecule has 3 nitrogen and oxygen atoms in total. The van der Waals surface area contributed by atoms with Crippen LogP contribution in [0.3, 0.4) is 0 Å². The lowest BCUT2D eigenvalue weighted by molar-refractivity contribution is -0.141. The highest BCUT2D eigenvalue weighted by molar-refractivity contribution is 5.88. The van der Waals surface area contributed by atoms with Gasteiger partial charge in [-0.25, -0.2) is 0 Å². The first-order valence-corrected chi connectivity index (χ1v) is 9.06. The number of likely N-dealkylation sites (tertiary alicyclic amines) is 1. The van der Waals surface area contributed by atoms with Crippen LogP contribution in [0.5, 0.6) is 0 Å². The molecule has 6 heteroatoms. The average molecular weight is 354 g/mol. The number of alkyl halides is 3. The zero-order valence-electron chi connectivity index (χ0n) is 14.3. The van der Waals surface area contributed by atoms with Crippen molar-refractivity contribution in [3.8, 4) is 0 Å². The Labute approximate surface area is 146 Å². The van der Waals surface area contributed by atoms with E-state index in [2.05, 4.69) is 0 Å². The van der Waals surface area contributed by atoms with E-state index < -0.39 is 17.2 Å². The number of halogens is 3. The van der Waals surface area contributed by atoms with Crippen LogP contribution in [0.15, 0.2) is 24.3 Å². The van der Waals surface area contributed by atoms with Crippen LogP contribution in [0.25, 0.3) is 0 Å². The maximum atomic E-state index is 13.3. The van der Waals surface area contributed by atoms with Crippen LogP contribution in [0.1, 0.15) is 56.1 Å². The first kappa shape index (κ1) is 18.2. The van der Waals surface area contributed by atoms with Gasteiger partial charge in [0.15, 0.2) is 0 Å². The summed E-state index contributed by atoms with van der Waals surface area (Å²) in [5.41, 5.74) is 4.94. The highest BCUT2D eigenvalue weighted by Crippen LogP contribution is 2.43. The summed E-state index contributed by atoms with van der Waals surface area (Å²) < 4.78 is 39.4. The number of amides is 1. The van der Waals surface area contributed by atoms with E-state index in [9.17, 15) is 18.0 Å². The second-order valence-electron chi connectivity index (χ2n) is 7.35. The lowest BCUT2D eigenvalue weighted by Crippen LogP contribution is -2.52. The molecule has 0 bridgehead atoms. The Kier molecular flexibility index (Phi) is 5.09. The molecule has 0 radical (unpaired) electrons. The third-order valence-corrected chi connectivity index (χ3v) is 5.69. The number of benzene rings is 1. The van der Waals surface area contributed by atoms with Gasteiger partial charge in [0.25, 0.3) is 0 Å². The standard InChI is InChI=1S/C19H25F3N2O/c20-19(21,22)15-6-4-5-14(13-15)18(9-2-1-3-10-18)17(25)24-11-7-16(23)8-12-24/h4-6,13,16H,1-3,7-12,23H2. The number of hydrogen-bond acceptors (Lipinski definition) is 2. The van der Waals surface area contributed by atoms with E-state index in [1.807, 2.05) is 4.90 Å². The summed E-state index contributed by atoms with van der Waals surface area (Å²) in [6.07, 6.45) is 1.12. The Balaban J connectivity index is 1.95. The van der Waals surface area contributed by atoms with Crippen molar-refractivity contribution in [2.75, 3.05) is 13.1 Å². The fourth-order valence-corrected chi connectivity index (χ4v) is 4.18. The molecule has 1 saturated carbocycles. The zero-order chi connectivity index (χ0) is 18.1. The van der Waals surface area contributed by atoms with E-state index in [-0.39, 0.29) is 11.9 Å². The predicted octanol–water partition coefficient (Wildman–Crippen LogP) is 3.86. The summed E-state index contributed by atoms with van der Waals surface area (Å²) >= 11 is 0. The minimum atomic E-state index is -4.40. The number of piperidine rings is 1. The van der Waals surface area contributed by atoms with Crippen LogP contribution in [-0.2, 0) is 16.4 Å². The molecule has 25 heavy (non-hydrogen) atoms. The lowest BCUT2D eigenvalue weighted by Gasteiger charge is -2.42. The highest BCUT2D eigenvalue weighted by Gasteiger charge is 2.45. The number of carbonyl (C=O) groups is 1. The molecule has 1 aliphatic carbocycles. The smallest absolute Gasteiger partial charge is 0.342 e. The summed E-state index contributed by atoms with van der Waals surface area (Å²) in [6.45, 7) is 1.20. The number of hydrogen-bond donors (Lipinski definition) is 1. The summed E-state index contributed by atoms with van der Waals surface area (Å²) in [7, 11) is 0. The van der Waals surface area contributed by atoms with Crippen LogP contribution in [-0.4, -0.2) is 29.9 Å². The maximum Gasteiger partial charge on any atom is 0.416 e. The Hall–Kier alpha value is -1.56. The van der Waals surface area contributed by atoms with Gasteiger partial charge >= 0.3 is 6.18 Å². The molecule has 0 spiro atoms. The van der Waals surface area contributed by atoms with Gasteiger partial charge in [-0.3, -0.25) is 4.79 Å². The molecule has 0 aromatic heterocycles. The summed E-state index contributed by atoms with van der Waals surface area (Å²) in [4.78, 5) is 15.2. The maximum absolute atomic E-state index is 13.3. The van der Waals surface area contributed by atoms with Gasteiger partial charge in [0, 0.05) is 19.1 Å². The third-order valence-electron chi connectivity index (χ3n) is 5.69. The molecular formula is C19H25F3N2O. The molecule has 1 saturated heterocycles. The largest absolute Gasteiger partial charge is 0.416 e. The van der Waals surface area contributed by atoms with Crippen molar-refractivity contribution in [2.24, 2.45) is 5.73 Å². The first-order valence-electron chi connectivity index (χ1n) is 9.06. The van der Waals surface area contributed by atoms with Crippen molar-refractivity contribution in [2.45, 2.75) is 62.6 Å². The number of carbonyl (C=O) groups excluding carboxylic acids is 1. The van der Waals surface area contributed by atoms with Crippen molar-refractivity contribution < 1.29 is 18.0 Å². The summed E-state index contributed by atoms with van der Waals surface area (Å²) in [5, 5.41) is 0. The van der Waals surface area contributed by atoms with E-state index in [0.29, 0.717) is 31.5 Å². The second-order valence-corrected chi connectivity index (χ2v) is 7.35. The highest BCUT2D eigenvalue weighted by atomic mass is 19.4. The van der Waals surface area contributed by atoms with E-state index in [4.69, 9.17) is 5.73 Å². The van der Waals surface area contributed by atoms with Gasteiger partial charge < -0.3 is 10.6 Å². The molecule has 3 rings (SSSR count). The van der Waals surface area contributed by atoms with Crippen molar-refractivity contribution >= 4 is 5.91 Å². The Morgan fingerprint density at radius 3 is 2.36 bits per heavy atom. The van der Waals surface area contributed by atoms with E-state index >= 15 is 0 Å². The Morgan fingerprint density at radius 1 is 1.12 bits per heavy atom. The molecule has 2 aliphatic rings. The predicted molar refractivity (Wildman–Crippen MR) is 90.0 cm³/mol. The number of rotatable bonds is 2. The molecule has 1 aromatic rings. The Morgan fingerprint density at radius 2 is 1.76 bits per heavy atom. The number of nitrogens with zero attached hydrogens (tertiary/aromatic N) is 1. The van der Waals surface area contributed by atoms with Crippen LogP contribution in [0.2, 0.25) is 0 Å². The molecule has 1 aromatic carbocycles. The van der Waals surface area contributed by atoms with E-state index in [0.717, 1.165) is 38.2 Å². The zero-order valence-corrected chi connectivity index (χ0v) is 14.3. The van der Waals surface area contributed by atoms with Gasteiger partial charge in [-0.15, -0.1) is 0 Å². The van der Waals surface area contributed by atoms with Crippen molar-refractivity contribution in [3.05, 3.63) is 35.4 Å². The van der Waals surface area contributed by atoms with E-state index in [1.54, 1.807) is 6.07 Å². The summed E-state index contributed by atoms with van der Waals surface area (Å²) in [5.74, 6) is -0.0153. The van der Waals surface area contributed by atoms with Crippen LogP contribution in [0.4, 0.5) is 13.2 Å². The van der Waals surface area contributed by atoms with Crippen molar-refractivity contribution in [1.82, 2.24) is 4.90 Å². The molecule has 1 aliphatic heterocycles. The van der Waals surface area contributed by atoms with Gasteiger partial charge in [-0.05, 0) is 37.3 Å². The van der Waals surface area contributed by atoms with Gasteiger partial charge in [-0.1, -0.05) is 37.5 Å². The average Bonchev–Trinajstić information content (AvgIpc) is 2.62. The topological polar surface area (TPSA) is 46.3 Å². The quantitative estimate of drug-likeness (QED) is 0.877. The van der Waals surface area contributed by atoms with Gasteiger partial charge in [-0.2, -0.15) is 13.2 Å². The monoisotopic (exact) mass is 354 g/mol. The normalized spacial score (nSPS) is 22.0. The van der Waals surface area contributed by atoms with Gasteiger partial charge in [0.2, 0.25) is 5.91 Å². The molecule has 0 unspecified atom stereocenters. The second kappa shape index (κ2) is 6.98. The molecular weight excluding hydrogens is 329 g/mol. The summed E-state index contributed by atoms with van der Waals surface area (Å²) in [6, 6.07) is 5.48. The van der Waals surface area contributed by atoms with Crippen LogP contribution >= 0.6 is 0 Å². The fraction of sp³-hybridized carbons (Fsp3) is 0.632. The minimum absolute atomic E-state index is 0.0153. The van der Waals surface area contributed by atoms with Crippen LogP contribution < -0.4 is 5.73 Å².